The highest BCUT2D eigenvalue weighted by Gasteiger charge is 2.46. The number of carbonyl (C=O) groups excluding carboxylic acids is 1. The lowest BCUT2D eigenvalue weighted by molar-refractivity contribution is -0.148. The van der Waals surface area contributed by atoms with Gasteiger partial charge in [-0.25, -0.2) is 9.37 Å². The van der Waals surface area contributed by atoms with Gasteiger partial charge in [-0.2, -0.15) is 13.2 Å². The van der Waals surface area contributed by atoms with Gasteiger partial charge in [0.05, 0.1) is 74.5 Å². The number of nitrogens with zero attached hydrogens (tertiary/aromatic N) is 11. The van der Waals surface area contributed by atoms with Crippen LogP contribution in [0.5, 0.6) is 11.5 Å². The Morgan fingerprint density at radius 1 is 0.570 bits per heavy atom. The average molecular weight is 1770 g/mol. The molecule has 9 aromatic rings. The third kappa shape index (κ3) is 25.9. The maximum absolute atomic E-state index is 14.3. The zero-order chi connectivity index (χ0) is 89.1. The minimum Gasteiger partial charge on any atom is -0.496 e. The van der Waals surface area contributed by atoms with Crippen LogP contribution in [0.25, 0.3) is 10.9 Å². The summed E-state index contributed by atoms with van der Waals surface area (Å²) in [7, 11) is 1.68. The molecule has 0 amide bonds. The lowest BCUT2D eigenvalue weighted by Crippen LogP contribution is -2.52. The van der Waals surface area contributed by atoms with Gasteiger partial charge < -0.3 is 64.3 Å². The number of halogens is 4. The van der Waals surface area contributed by atoms with Crippen molar-refractivity contribution < 1.29 is 56.3 Å². The Morgan fingerprint density at radius 3 is 1.87 bits per heavy atom. The van der Waals surface area contributed by atoms with Gasteiger partial charge in [0, 0.05) is 196 Å². The number of piperidine rings is 2. The summed E-state index contributed by atoms with van der Waals surface area (Å²) >= 11 is 5.75. The van der Waals surface area contributed by atoms with E-state index in [-0.39, 0.29) is 42.3 Å². The van der Waals surface area contributed by atoms with Gasteiger partial charge in [-0.3, -0.25) is 39.5 Å². The Kier molecular flexibility index (Phi) is 34.4. The van der Waals surface area contributed by atoms with E-state index in [0.717, 1.165) is 163 Å². The molecule has 27 heteroatoms. The van der Waals surface area contributed by atoms with E-state index in [0.29, 0.717) is 93.8 Å². The van der Waals surface area contributed by atoms with Crippen LogP contribution < -0.4 is 45.0 Å². The summed E-state index contributed by atoms with van der Waals surface area (Å²) in [5, 5.41) is 32.7. The highest BCUT2D eigenvalue weighted by molar-refractivity contribution is 7.80. The number of carbonyl (C=O) groups is 2. The van der Waals surface area contributed by atoms with Crippen LogP contribution in [-0.4, -0.2) is 237 Å². The van der Waals surface area contributed by atoms with Gasteiger partial charge in [-0.15, -0.1) is 0 Å². The summed E-state index contributed by atoms with van der Waals surface area (Å²) in [6, 6.07) is 60.4. The zero-order valence-corrected chi connectivity index (χ0v) is 75.3. The molecule has 22 nitrogen and oxygen atoms in total. The Labute approximate surface area is 757 Å². The first-order valence-electron chi connectivity index (χ1n) is 46.2. The first-order valence-corrected chi connectivity index (χ1v) is 46.6. The number of fused-ring (bicyclic) bond motifs is 4. The van der Waals surface area contributed by atoms with Crippen LogP contribution in [0.3, 0.4) is 0 Å². The summed E-state index contributed by atoms with van der Waals surface area (Å²) in [4.78, 5) is 53.0. The van der Waals surface area contributed by atoms with Gasteiger partial charge in [0.1, 0.15) is 29.1 Å². The molecule has 5 N–H and O–H groups in total. The molecule has 684 valence electrons. The van der Waals surface area contributed by atoms with E-state index >= 15 is 0 Å². The molecule has 7 aromatic carbocycles. The molecule has 0 bridgehead atoms. The van der Waals surface area contributed by atoms with Gasteiger partial charge in [-0.05, 0) is 165 Å². The topological polar surface area (TPSA) is 203 Å². The number of aliphatic hydroxyl groups excluding tert-OH is 1. The van der Waals surface area contributed by atoms with Crippen molar-refractivity contribution in [2.75, 3.05) is 176 Å². The fourth-order valence-electron chi connectivity index (χ4n) is 19.2. The van der Waals surface area contributed by atoms with Crippen molar-refractivity contribution in [1.29, 1.82) is 0 Å². The predicted molar refractivity (Wildman–Crippen MR) is 504 cm³/mol. The van der Waals surface area contributed by atoms with Crippen molar-refractivity contribution >= 4 is 68.6 Å². The average Bonchev–Trinajstić information content (AvgIpc) is 1.60. The number of hydrogen-bond acceptors (Lipinski definition) is 20. The Balaban J connectivity index is 0.000000139. The number of β-amino-alcohol motifs (C(OH)–C–C–N with tert-alkyl or cyclic N) is 1. The smallest absolute Gasteiger partial charge is 0.433 e. The summed E-state index contributed by atoms with van der Waals surface area (Å²) in [6.45, 7) is 24.6. The molecular formula is C101H128F4N14O8S. The van der Waals surface area contributed by atoms with E-state index < -0.39 is 30.0 Å². The van der Waals surface area contributed by atoms with Crippen LogP contribution in [0.4, 0.5) is 46.0 Å². The molecule has 5 atom stereocenters. The Morgan fingerprint density at radius 2 is 1.17 bits per heavy atom. The molecule has 128 heavy (non-hydrogen) atoms. The van der Waals surface area contributed by atoms with Crippen molar-refractivity contribution in [1.82, 2.24) is 45.1 Å². The van der Waals surface area contributed by atoms with Crippen LogP contribution >= 0.6 is 12.2 Å². The highest BCUT2D eigenvalue weighted by atomic mass is 32.1. The van der Waals surface area contributed by atoms with Gasteiger partial charge in [-0.1, -0.05) is 147 Å². The minimum atomic E-state index is -4.50. The minimum absolute atomic E-state index is 0.0331. The normalized spacial score (nSPS) is 20.2. The fraction of sp³-hybridized carbons (Fsp3) is 0.475. The molecule has 7 fully saturated rings. The largest absolute Gasteiger partial charge is 0.496 e. The third-order valence-corrected chi connectivity index (χ3v) is 26.4. The third-order valence-electron chi connectivity index (χ3n) is 26.0. The Bertz CT molecular complexity index is 4970. The number of aromatic nitrogens is 2. The molecule has 1 aliphatic carbocycles. The number of piperazine rings is 3. The number of hydrogen-bond donors (Lipinski definition) is 5. The van der Waals surface area contributed by atoms with E-state index in [1.807, 2.05) is 110 Å². The standard InChI is InChI=1S/C30H33FN4O3.C27H37N3O3.C24H26F3N3O2.C20H32N4S/c1-38-27-11-10-19(16-20(27)18-34-12-14-35(15-13-34)26-9-5-3-7-23(26)31)28-29-22(17-25(33-28)30(36)37)21-6-2-4-8-24(21)32-29;1-3-32-26-12-8-7-11-25(26)30-19-17-28(18-20-30)21-23-9-5-6-10-24(23)29-15-13-22(14-16-29)27(31)33-4-2;25-24(26,27)23-14-22(20-8-4-5-9-21(20)28-23)30-12-10-29(11-13-30)15-19(31)17-32-16-18-6-2-1-3-7-18;25-20(22-19-7-4-2-1-3-5-8-19)24-14-6-13-23(15-16-24)17-18-9-11-21-12-10-18/h2-11,16,22,25,28-29,32-33H,12-15,17-18H2,1H3,(H,36,37);5-12,22H,3-4,13-21H2,1-2H3;1-9,14,19,31H,10-13,15-17H2;9-12,19H,1-8,13-17H2,(H,22,25). The Hall–Kier alpha value is -10.2. The number of carboxylic acids is 1. The molecule has 8 aliphatic rings. The van der Waals surface area contributed by atoms with Crippen LogP contribution in [0, 0.1) is 11.7 Å². The molecule has 7 aliphatic heterocycles. The van der Waals surface area contributed by atoms with E-state index in [1.54, 1.807) is 31.4 Å². The number of para-hydroxylation sites is 6. The van der Waals surface area contributed by atoms with Gasteiger partial charge >= 0.3 is 18.1 Å². The molecule has 0 radical (unpaired) electrons. The summed E-state index contributed by atoms with van der Waals surface area (Å²) in [5.74, 6) is 0.918. The number of thiocarbonyl (C=S) groups is 1. The first-order chi connectivity index (χ1) is 62.4. The van der Waals surface area contributed by atoms with Crippen molar-refractivity contribution in [2.45, 2.75) is 153 Å². The number of alkyl halides is 3. The molecule has 6 saturated heterocycles. The fourth-order valence-corrected chi connectivity index (χ4v) is 19.6. The zero-order valence-electron chi connectivity index (χ0n) is 74.4. The molecule has 1 saturated carbocycles. The van der Waals surface area contributed by atoms with Gasteiger partial charge in [0.15, 0.2) is 5.11 Å². The number of benzene rings is 7. The van der Waals surface area contributed by atoms with Gasteiger partial charge in [0.2, 0.25) is 0 Å². The lowest BCUT2D eigenvalue weighted by Gasteiger charge is -2.39. The number of rotatable bonds is 24. The van der Waals surface area contributed by atoms with Crippen LogP contribution in [0.1, 0.15) is 136 Å². The second-order valence-electron chi connectivity index (χ2n) is 34.7. The second-order valence-corrected chi connectivity index (χ2v) is 35.1. The number of carboxylic acid groups (broad SMARTS) is 1. The quantitative estimate of drug-likeness (QED) is 0.0217. The van der Waals surface area contributed by atoms with Crippen LogP contribution in [0.15, 0.2) is 200 Å². The lowest BCUT2D eigenvalue weighted by atomic mass is 9.79. The summed E-state index contributed by atoms with van der Waals surface area (Å²) < 4.78 is 76.7. The van der Waals surface area contributed by atoms with Crippen LogP contribution in [-0.2, 0) is 51.5 Å². The maximum atomic E-state index is 14.3. The van der Waals surface area contributed by atoms with Gasteiger partial charge in [0.25, 0.3) is 0 Å². The van der Waals surface area contributed by atoms with E-state index in [9.17, 15) is 37.4 Å². The van der Waals surface area contributed by atoms with Crippen molar-refractivity contribution in [3.8, 4) is 11.5 Å². The van der Waals surface area contributed by atoms with E-state index in [2.05, 4.69) is 138 Å². The first kappa shape index (κ1) is 93.9. The second kappa shape index (κ2) is 46.9. The van der Waals surface area contributed by atoms with E-state index in [4.69, 9.17) is 31.2 Å². The highest BCUT2D eigenvalue weighted by Crippen LogP contribution is 2.47. The number of nitrogens with one attached hydrogen (secondary N) is 3. The number of esters is 1. The monoisotopic (exact) mass is 1770 g/mol. The van der Waals surface area contributed by atoms with Crippen molar-refractivity contribution in [3.63, 3.8) is 0 Å². The van der Waals surface area contributed by atoms with E-state index in [1.165, 1.54) is 85.5 Å². The molecule has 2 aromatic heterocycles. The molecular weight excluding hydrogens is 1650 g/mol. The molecule has 17 rings (SSSR count). The number of methoxy groups -OCH3 is 1. The molecule has 5 unspecified atom stereocenters. The summed E-state index contributed by atoms with van der Waals surface area (Å²) in [6.07, 6.45) is 11.6. The maximum Gasteiger partial charge on any atom is 0.433 e. The van der Waals surface area contributed by atoms with Crippen molar-refractivity contribution in [3.05, 3.63) is 245 Å². The summed E-state index contributed by atoms with van der Waals surface area (Å²) in [5.41, 5.74) is 11.3. The number of anilines is 5. The predicted octanol–water partition coefficient (Wildman–Crippen LogP) is 15.9. The number of pyridine rings is 2. The SMILES string of the molecule is CCOC(=O)C1CCN(c2ccccc2CN2CCN(c3ccccc3OCC)CC2)CC1.COc1ccc(C2NC(C(=O)O)CC3c4ccccc4NC32)cc1CN1CCN(c2ccccc2F)CC1.OC(COCc1ccccc1)CN1CCN(c2cc(C(F)(F)F)nc3ccccc23)CC1.S=C(NC1CCCCCCC1)N1CCCN(Cc2ccncc2)CC1. The molecule has 0 spiro atoms. The number of ether oxygens (including phenoxy) is 4. The molecule has 9 heterocycles. The number of aliphatic hydroxyl groups is 1. The van der Waals surface area contributed by atoms with Crippen molar-refractivity contribution in [2.24, 2.45) is 5.92 Å². The number of aliphatic carboxylic acids is 1. The van der Waals surface area contributed by atoms with Crippen LogP contribution in [0.2, 0.25) is 0 Å².